The van der Waals surface area contributed by atoms with Crippen molar-refractivity contribution >= 4 is 118 Å². The van der Waals surface area contributed by atoms with Crippen molar-refractivity contribution in [3.63, 3.8) is 0 Å². The van der Waals surface area contributed by atoms with Gasteiger partial charge in [0.1, 0.15) is 41.4 Å². The van der Waals surface area contributed by atoms with E-state index in [0.29, 0.717) is 124 Å². The number of aromatic nitrogens is 4. The molecule has 414 valence electrons. The number of anilines is 7. The monoisotopic (exact) mass is 1180 g/mol. The van der Waals surface area contributed by atoms with Gasteiger partial charge < -0.3 is 69.1 Å². The number of nitrogen functional groups attached to an aromatic ring is 1. The van der Waals surface area contributed by atoms with Crippen LogP contribution in [-0.4, -0.2) is 92.6 Å². The van der Waals surface area contributed by atoms with Crippen LogP contribution in [0.3, 0.4) is 0 Å². The first-order chi connectivity index (χ1) is 39.1. The fraction of sp³-hybridized carbons (Fsp3) is 0.309. The van der Waals surface area contributed by atoms with Gasteiger partial charge >= 0.3 is 0 Å². The van der Waals surface area contributed by atoms with E-state index in [2.05, 4.69) is 48.0 Å². The number of halogens is 2. The second-order valence-electron chi connectivity index (χ2n) is 17.9. The van der Waals surface area contributed by atoms with E-state index in [9.17, 15) is 10.5 Å². The maximum atomic E-state index is 9.79. The van der Waals surface area contributed by atoms with Crippen molar-refractivity contribution in [2.45, 2.75) is 55.1 Å². The number of thioether (sulfide) groups is 1. The van der Waals surface area contributed by atoms with E-state index >= 15 is 0 Å². The molecule has 2 fully saturated rings. The third-order valence-corrected chi connectivity index (χ3v) is 16.4. The lowest BCUT2D eigenvalue weighted by Gasteiger charge is -2.23. The Balaban J connectivity index is 0.000000149. The first kappa shape index (κ1) is 55.7. The molecule has 8 heterocycles. The molecule has 80 heavy (non-hydrogen) atoms. The number of nitriles is 2. The summed E-state index contributed by atoms with van der Waals surface area (Å²) in [4.78, 5) is 17.7. The van der Waals surface area contributed by atoms with Crippen molar-refractivity contribution in [3.8, 4) is 58.1 Å². The predicted octanol–water partition coefficient (Wildman–Crippen LogP) is 13.0. The molecule has 0 amide bonds. The molecule has 8 aromatic rings. The summed E-state index contributed by atoms with van der Waals surface area (Å²) >= 11 is 17.2. The molecule has 5 N–H and O–H groups in total. The standard InChI is InChI=1S/C27H24ClN5O5S.C15H9ClN4O2S2.C13H19NO3/c1-34-21-10-16(5-7-19(21)36-13-17-4-2-3-9-35-17)31-27-33-26-25(39-27)22(15(11-29)12-30-26)32-23-18(28)6-8-20-24(23)38-14-37-20;1-23-15-20-14-13(24-15)10(7(4-17)5-18-14)19-11-8(16)2-3-9-12(11)22-6-21-9;1-15-13-8-10(14)5-6-12(13)17-9-11-4-2-3-7-16-11/h5-8,10,12,17H,2-4,9,13-14H2,1H3,(H2,30,31,32,33);2-3,5H,6H2,1H3,(H,18,19);5-6,8,11H,2-4,7,9,14H2,1H3. The largest absolute Gasteiger partial charge is 0.493 e. The van der Waals surface area contributed by atoms with Crippen molar-refractivity contribution < 1.29 is 47.4 Å². The maximum absolute atomic E-state index is 9.79. The molecule has 0 saturated carbocycles. The SMILES string of the molecule is COc1cc(N)ccc1OCC1CCCCO1.COc1cc(Nc2nc3ncc(C#N)c(Nc4c(Cl)ccc5c4OCO5)c3s2)ccc1OCC1CCCCO1.CSc1nc2ncc(C#N)c(Nc3c(Cl)ccc4c3OCO4)c2s1. The van der Waals surface area contributed by atoms with Crippen LogP contribution in [0.2, 0.25) is 10.0 Å². The molecule has 2 unspecified atom stereocenters. The maximum Gasteiger partial charge on any atom is 0.231 e. The summed E-state index contributed by atoms with van der Waals surface area (Å²) < 4.78 is 58.2. The van der Waals surface area contributed by atoms with Crippen molar-refractivity contribution in [2.24, 2.45) is 0 Å². The van der Waals surface area contributed by atoms with E-state index in [4.69, 9.17) is 76.3 Å². The minimum absolute atomic E-state index is 0.0947. The Morgan fingerprint density at radius 3 is 1.71 bits per heavy atom. The zero-order chi connectivity index (χ0) is 55.5. The van der Waals surface area contributed by atoms with Crippen LogP contribution in [0.15, 0.2) is 77.4 Å². The molecule has 20 nitrogen and oxygen atoms in total. The van der Waals surface area contributed by atoms with Gasteiger partial charge in [-0.15, -0.1) is 11.3 Å². The quantitative estimate of drug-likeness (QED) is 0.0550. The molecule has 0 radical (unpaired) electrons. The molecule has 4 aromatic heterocycles. The molecule has 4 aliphatic rings. The average molecular weight is 1180 g/mol. The highest BCUT2D eigenvalue weighted by molar-refractivity contribution is 8.00. The fourth-order valence-electron chi connectivity index (χ4n) is 8.70. The second kappa shape index (κ2) is 26.1. The van der Waals surface area contributed by atoms with Gasteiger partial charge in [0, 0.05) is 49.1 Å². The van der Waals surface area contributed by atoms with Crippen LogP contribution < -0.4 is 59.6 Å². The fourth-order valence-corrected chi connectivity index (χ4v) is 11.6. The van der Waals surface area contributed by atoms with Crippen LogP contribution in [0.25, 0.3) is 20.7 Å². The van der Waals surface area contributed by atoms with Gasteiger partial charge in [-0.25, -0.2) is 15.0 Å². The number of methoxy groups -OCH3 is 2. The van der Waals surface area contributed by atoms with Gasteiger partial charge in [0.05, 0.1) is 63.7 Å². The third kappa shape index (κ3) is 12.9. The number of thiazole rings is 2. The molecular formula is C55H52Cl2N10O10S3. The Labute approximate surface area is 482 Å². The molecule has 2 atom stereocenters. The second-order valence-corrected chi connectivity index (χ2v) is 21.8. The number of nitrogens with zero attached hydrogens (tertiary/aromatic N) is 6. The molecule has 12 rings (SSSR count). The predicted molar refractivity (Wildman–Crippen MR) is 310 cm³/mol. The molecule has 2 saturated heterocycles. The van der Waals surface area contributed by atoms with E-state index in [-0.39, 0.29) is 25.8 Å². The summed E-state index contributed by atoms with van der Waals surface area (Å²) in [5, 5.41) is 30.5. The van der Waals surface area contributed by atoms with E-state index < -0.39 is 0 Å². The van der Waals surface area contributed by atoms with Crippen LogP contribution in [0.5, 0.6) is 46.0 Å². The summed E-state index contributed by atoms with van der Waals surface area (Å²) in [7, 11) is 3.21. The van der Waals surface area contributed by atoms with Crippen LogP contribution in [0, 0.1) is 22.7 Å². The Hall–Kier alpha value is -7.61. The third-order valence-electron chi connectivity index (χ3n) is 12.7. The molecular weight excluding hydrogens is 1130 g/mol. The van der Waals surface area contributed by atoms with E-state index in [1.807, 2.05) is 30.5 Å². The summed E-state index contributed by atoms with van der Waals surface area (Å²) in [5.74, 6) is 4.84. The topological polar surface area (TPSA) is 254 Å². The lowest BCUT2D eigenvalue weighted by atomic mass is 10.1. The first-order valence-electron chi connectivity index (χ1n) is 25.1. The van der Waals surface area contributed by atoms with Gasteiger partial charge in [-0.3, -0.25) is 0 Å². The molecule has 4 aliphatic heterocycles. The van der Waals surface area contributed by atoms with Crippen molar-refractivity contribution in [1.29, 1.82) is 10.5 Å². The van der Waals surface area contributed by atoms with Crippen molar-refractivity contribution in [3.05, 3.63) is 94.2 Å². The van der Waals surface area contributed by atoms with E-state index in [1.165, 1.54) is 53.2 Å². The zero-order valence-corrected chi connectivity index (χ0v) is 47.4. The molecule has 0 spiro atoms. The Morgan fingerprint density at radius 2 is 1.19 bits per heavy atom. The number of nitrogens with two attached hydrogens (primary N) is 1. The number of fused-ring (bicyclic) bond motifs is 4. The Bertz CT molecular complexity index is 3600. The van der Waals surface area contributed by atoms with E-state index in [0.717, 1.165) is 65.8 Å². The van der Waals surface area contributed by atoms with Crippen LogP contribution in [0.4, 0.5) is 39.3 Å². The summed E-state index contributed by atoms with van der Waals surface area (Å²) in [6.45, 7) is 2.90. The highest BCUT2D eigenvalue weighted by atomic mass is 35.5. The molecule has 0 bridgehead atoms. The van der Waals surface area contributed by atoms with Gasteiger partial charge in [0.15, 0.2) is 66.8 Å². The van der Waals surface area contributed by atoms with Crippen molar-refractivity contribution in [1.82, 2.24) is 19.9 Å². The highest BCUT2D eigenvalue weighted by Crippen LogP contribution is 2.48. The Morgan fingerprint density at radius 1 is 0.650 bits per heavy atom. The van der Waals surface area contributed by atoms with Gasteiger partial charge in [-0.1, -0.05) is 46.3 Å². The van der Waals surface area contributed by atoms with Crippen LogP contribution in [0.1, 0.15) is 49.7 Å². The van der Waals surface area contributed by atoms with Crippen molar-refractivity contribution in [2.75, 3.05) is 82.2 Å². The lowest BCUT2D eigenvalue weighted by Crippen LogP contribution is -2.25. The minimum Gasteiger partial charge on any atom is -0.493 e. The van der Waals surface area contributed by atoms with Crippen LogP contribution in [-0.2, 0) is 9.47 Å². The molecule has 4 aromatic carbocycles. The number of ether oxygens (including phenoxy) is 10. The number of nitrogens with one attached hydrogen (secondary N) is 3. The molecule has 25 heteroatoms. The van der Waals surface area contributed by atoms with Gasteiger partial charge in [-0.05, 0) is 93.3 Å². The number of rotatable bonds is 15. The average Bonchev–Trinajstić information content (AvgIpc) is 4.51. The number of pyridine rings is 2. The normalized spacial score (nSPS) is 15.8. The van der Waals surface area contributed by atoms with Gasteiger partial charge in [-0.2, -0.15) is 15.5 Å². The minimum atomic E-state index is 0.0947. The summed E-state index contributed by atoms with van der Waals surface area (Å²) in [6, 6.07) is 22.3. The van der Waals surface area contributed by atoms with Gasteiger partial charge in [0.2, 0.25) is 13.6 Å². The number of benzene rings is 4. The number of hydrogen-bond acceptors (Lipinski definition) is 23. The smallest absolute Gasteiger partial charge is 0.231 e. The highest BCUT2D eigenvalue weighted by Gasteiger charge is 2.26. The molecule has 0 aliphatic carbocycles. The summed E-state index contributed by atoms with van der Waals surface area (Å²) in [6.07, 6.45) is 11.9. The Kier molecular flexibility index (Phi) is 18.2. The lowest BCUT2D eigenvalue weighted by molar-refractivity contribution is -0.0115. The van der Waals surface area contributed by atoms with Gasteiger partial charge in [0.25, 0.3) is 0 Å². The number of hydrogen-bond donors (Lipinski definition) is 4. The van der Waals surface area contributed by atoms with E-state index in [1.54, 1.807) is 50.6 Å². The summed E-state index contributed by atoms with van der Waals surface area (Å²) in [5.41, 5.74) is 11.2. The first-order valence-corrected chi connectivity index (χ1v) is 28.8. The zero-order valence-electron chi connectivity index (χ0n) is 43.4. The van der Waals surface area contributed by atoms with Crippen LogP contribution >= 0.6 is 57.6 Å².